The summed E-state index contributed by atoms with van der Waals surface area (Å²) in [6, 6.07) is -0.676. The summed E-state index contributed by atoms with van der Waals surface area (Å²) in [7, 11) is 1.29. The Kier molecular flexibility index (Phi) is 5.91. The molecular weight excluding hydrogens is 342 g/mol. The summed E-state index contributed by atoms with van der Waals surface area (Å²) in [6.07, 6.45) is 1.36. The molecule has 21 heavy (non-hydrogen) atoms. The summed E-state index contributed by atoms with van der Waals surface area (Å²) < 4.78 is 6.22. The third-order valence-corrected chi connectivity index (χ3v) is 3.28. The van der Waals surface area contributed by atoms with Crippen LogP contribution < -0.4 is 16.6 Å². The van der Waals surface area contributed by atoms with E-state index >= 15 is 0 Å². The molecule has 118 valence electrons. The fourth-order valence-electron chi connectivity index (χ4n) is 1.61. The Morgan fingerprint density at radius 1 is 1.48 bits per heavy atom. The number of nitrogens with zero attached hydrogens (tertiary/aromatic N) is 1. The van der Waals surface area contributed by atoms with Crippen molar-refractivity contribution in [3.63, 3.8) is 0 Å². The minimum absolute atomic E-state index is 0.0250. The van der Waals surface area contributed by atoms with Crippen molar-refractivity contribution in [2.75, 3.05) is 13.7 Å². The number of carbonyl (C=O) groups excluding carboxylic acids is 1. The zero-order chi connectivity index (χ0) is 16.2. The topological polar surface area (TPSA) is 93.2 Å². The van der Waals surface area contributed by atoms with Crippen molar-refractivity contribution >= 4 is 21.9 Å². The lowest BCUT2D eigenvalue weighted by atomic mass is 9.96. The minimum Gasteiger partial charge on any atom is -0.468 e. The number of H-pyrrole nitrogens is 1. The molecule has 8 heteroatoms. The second-order valence-electron chi connectivity index (χ2n) is 5.91. The van der Waals surface area contributed by atoms with Gasteiger partial charge in [-0.1, -0.05) is 20.8 Å². The van der Waals surface area contributed by atoms with Crippen LogP contribution in [0.3, 0.4) is 0 Å². The average Bonchev–Trinajstić information content (AvgIpc) is 2.38. The third-order valence-electron chi connectivity index (χ3n) is 2.71. The van der Waals surface area contributed by atoms with Crippen molar-refractivity contribution in [3.8, 4) is 0 Å². The molecule has 0 saturated heterocycles. The summed E-state index contributed by atoms with van der Waals surface area (Å²) in [4.78, 5) is 37.0. The SMILES string of the molecule is COC(=O)[C@H](Cn1cc(Br)c(=O)[nH]c1=O)NCC(C)(C)C. The number of aromatic amines is 1. The van der Waals surface area contributed by atoms with Crippen LogP contribution in [0.5, 0.6) is 0 Å². The zero-order valence-electron chi connectivity index (χ0n) is 12.5. The molecule has 0 aliphatic carbocycles. The lowest BCUT2D eigenvalue weighted by Gasteiger charge is -2.24. The molecule has 1 aromatic rings. The van der Waals surface area contributed by atoms with Crippen LogP contribution >= 0.6 is 15.9 Å². The van der Waals surface area contributed by atoms with Gasteiger partial charge in [-0.2, -0.15) is 0 Å². The first-order valence-electron chi connectivity index (χ1n) is 6.44. The van der Waals surface area contributed by atoms with E-state index in [4.69, 9.17) is 4.74 Å². The fraction of sp³-hybridized carbons (Fsp3) is 0.615. The predicted octanol–water partition coefficient (Wildman–Crippen LogP) is 0.476. The quantitative estimate of drug-likeness (QED) is 0.743. The van der Waals surface area contributed by atoms with Crippen molar-refractivity contribution in [2.45, 2.75) is 33.4 Å². The standard InChI is InChI=1S/C13H20BrN3O4/c1-13(2,3)7-15-9(11(19)21-4)6-17-5-8(14)10(18)16-12(17)20/h5,9,15H,6-7H2,1-4H3,(H,16,18,20)/t9-/m0/s1. The summed E-state index contributed by atoms with van der Waals surface area (Å²) in [5.41, 5.74) is -1.11. The molecule has 0 bridgehead atoms. The average molecular weight is 362 g/mol. The van der Waals surface area contributed by atoms with Gasteiger partial charge < -0.3 is 10.1 Å². The Morgan fingerprint density at radius 3 is 2.62 bits per heavy atom. The van der Waals surface area contributed by atoms with Crippen molar-refractivity contribution in [2.24, 2.45) is 5.41 Å². The monoisotopic (exact) mass is 361 g/mol. The first kappa shape index (κ1) is 17.6. The predicted molar refractivity (Wildman–Crippen MR) is 82.3 cm³/mol. The lowest BCUT2D eigenvalue weighted by molar-refractivity contribution is -0.143. The van der Waals surface area contributed by atoms with Crippen molar-refractivity contribution in [3.05, 3.63) is 31.5 Å². The fourth-order valence-corrected chi connectivity index (χ4v) is 1.96. The highest BCUT2D eigenvalue weighted by Gasteiger charge is 2.22. The molecule has 0 aliphatic rings. The first-order valence-corrected chi connectivity index (χ1v) is 7.24. The molecule has 0 spiro atoms. The molecule has 0 aliphatic heterocycles. The van der Waals surface area contributed by atoms with Gasteiger partial charge in [-0.05, 0) is 21.3 Å². The molecule has 0 aromatic carbocycles. The minimum atomic E-state index is -0.676. The number of methoxy groups -OCH3 is 1. The number of nitrogens with one attached hydrogen (secondary N) is 2. The lowest BCUT2D eigenvalue weighted by Crippen LogP contribution is -2.46. The van der Waals surface area contributed by atoms with Crippen LogP contribution in [0.2, 0.25) is 0 Å². The van der Waals surface area contributed by atoms with Crippen LogP contribution in [-0.4, -0.2) is 35.2 Å². The van der Waals surface area contributed by atoms with Gasteiger partial charge in [0, 0.05) is 12.7 Å². The summed E-state index contributed by atoms with van der Waals surface area (Å²) >= 11 is 3.05. The molecule has 7 nitrogen and oxygen atoms in total. The molecule has 0 saturated carbocycles. The Hall–Kier alpha value is -1.41. The first-order chi connectivity index (χ1) is 9.64. The molecule has 0 amide bonds. The number of rotatable bonds is 5. The van der Waals surface area contributed by atoms with Gasteiger partial charge in [-0.3, -0.25) is 19.1 Å². The zero-order valence-corrected chi connectivity index (χ0v) is 14.1. The number of halogens is 1. The highest BCUT2D eigenvalue weighted by Crippen LogP contribution is 2.11. The van der Waals surface area contributed by atoms with Gasteiger partial charge in [0.15, 0.2) is 0 Å². The Balaban J connectivity index is 2.96. The molecule has 1 atom stereocenters. The maximum atomic E-state index is 11.8. The van der Waals surface area contributed by atoms with Crippen molar-refractivity contribution in [1.29, 1.82) is 0 Å². The molecule has 0 fully saturated rings. The van der Waals surface area contributed by atoms with Gasteiger partial charge >= 0.3 is 11.7 Å². The third kappa shape index (κ3) is 5.47. The van der Waals surface area contributed by atoms with Crippen LogP contribution in [0.4, 0.5) is 0 Å². The van der Waals surface area contributed by atoms with Crippen molar-refractivity contribution < 1.29 is 9.53 Å². The Bertz CT molecular complexity index is 615. The van der Waals surface area contributed by atoms with Gasteiger partial charge in [0.05, 0.1) is 18.1 Å². The summed E-state index contributed by atoms with van der Waals surface area (Å²) in [5, 5.41) is 3.08. The van der Waals surface area contributed by atoms with Crippen LogP contribution in [-0.2, 0) is 16.1 Å². The maximum Gasteiger partial charge on any atom is 0.328 e. The largest absolute Gasteiger partial charge is 0.468 e. The van der Waals surface area contributed by atoms with E-state index < -0.39 is 23.3 Å². The van der Waals surface area contributed by atoms with E-state index in [-0.39, 0.29) is 16.4 Å². The molecule has 0 unspecified atom stereocenters. The van der Waals surface area contributed by atoms with E-state index in [1.165, 1.54) is 17.9 Å². The number of carbonyl (C=O) groups is 1. The number of hydrogen-bond donors (Lipinski definition) is 2. The van der Waals surface area contributed by atoms with Gasteiger partial charge in [-0.15, -0.1) is 0 Å². The number of hydrogen-bond acceptors (Lipinski definition) is 5. The van der Waals surface area contributed by atoms with E-state index in [9.17, 15) is 14.4 Å². The van der Waals surface area contributed by atoms with Crippen molar-refractivity contribution in [1.82, 2.24) is 14.9 Å². The van der Waals surface area contributed by atoms with Gasteiger partial charge in [0.1, 0.15) is 6.04 Å². The second kappa shape index (κ2) is 7.04. The van der Waals surface area contributed by atoms with E-state index in [0.717, 1.165) is 0 Å². The van der Waals surface area contributed by atoms with Crippen LogP contribution in [0.15, 0.2) is 20.3 Å². The van der Waals surface area contributed by atoms with E-state index in [2.05, 4.69) is 26.2 Å². The van der Waals surface area contributed by atoms with Gasteiger partial charge in [-0.25, -0.2) is 4.79 Å². The normalized spacial score (nSPS) is 13.0. The molecule has 1 aromatic heterocycles. The molecular formula is C13H20BrN3O4. The van der Waals surface area contributed by atoms with Crippen LogP contribution in [0.25, 0.3) is 0 Å². The van der Waals surface area contributed by atoms with Crippen LogP contribution in [0, 0.1) is 5.41 Å². The number of aromatic nitrogens is 2. The summed E-state index contributed by atoms with van der Waals surface area (Å²) in [6.45, 7) is 6.72. The van der Waals surface area contributed by atoms with Gasteiger partial charge in [0.25, 0.3) is 5.56 Å². The Morgan fingerprint density at radius 2 is 2.10 bits per heavy atom. The highest BCUT2D eigenvalue weighted by atomic mass is 79.9. The number of esters is 1. The highest BCUT2D eigenvalue weighted by molar-refractivity contribution is 9.10. The van der Waals surface area contributed by atoms with Crippen LogP contribution in [0.1, 0.15) is 20.8 Å². The second-order valence-corrected chi connectivity index (χ2v) is 6.76. The smallest absolute Gasteiger partial charge is 0.328 e. The molecule has 1 heterocycles. The van der Waals surface area contributed by atoms with E-state index in [1.54, 1.807) is 0 Å². The summed E-state index contributed by atoms with van der Waals surface area (Å²) in [5.74, 6) is -0.464. The Labute approximate surface area is 130 Å². The van der Waals surface area contributed by atoms with Gasteiger partial charge in [0.2, 0.25) is 0 Å². The maximum absolute atomic E-state index is 11.8. The molecule has 2 N–H and O–H groups in total. The molecule has 0 radical (unpaired) electrons. The van der Waals surface area contributed by atoms with E-state index in [1.807, 2.05) is 20.8 Å². The number of ether oxygens (including phenoxy) is 1. The molecule has 1 rings (SSSR count). The van der Waals surface area contributed by atoms with E-state index in [0.29, 0.717) is 6.54 Å².